The molecule has 3 rings (SSSR count). The Kier molecular flexibility index (Phi) is 3.20. The first-order chi connectivity index (χ1) is 9.74. The van der Waals surface area contributed by atoms with Gasteiger partial charge < -0.3 is 11.1 Å². The van der Waals surface area contributed by atoms with Crippen molar-refractivity contribution in [3.05, 3.63) is 42.4 Å². The highest BCUT2D eigenvalue weighted by atomic mass is 15.3. The fourth-order valence-electron chi connectivity index (χ4n) is 2.11. The zero-order chi connectivity index (χ0) is 13.9. The van der Waals surface area contributed by atoms with Gasteiger partial charge in [-0.3, -0.25) is 4.68 Å². The van der Waals surface area contributed by atoms with Gasteiger partial charge in [0.05, 0.1) is 11.6 Å². The fourth-order valence-corrected chi connectivity index (χ4v) is 2.11. The summed E-state index contributed by atoms with van der Waals surface area (Å²) >= 11 is 0. The van der Waals surface area contributed by atoms with Crippen LogP contribution in [0.2, 0.25) is 0 Å². The number of nitrogens with one attached hydrogen (secondary N) is 1. The van der Waals surface area contributed by atoms with Crippen LogP contribution in [0.4, 0.5) is 11.5 Å². The van der Waals surface area contributed by atoms with E-state index in [2.05, 4.69) is 20.4 Å². The summed E-state index contributed by atoms with van der Waals surface area (Å²) in [7, 11) is 1.87. The van der Waals surface area contributed by atoms with E-state index in [1.807, 2.05) is 31.3 Å². The quantitative estimate of drug-likeness (QED) is 0.702. The zero-order valence-electron chi connectivity index (χ0n) is 11.2. The molecule has 0 fully saturated rings. The van der Waals surface area contributed by atoms with Crippen molar-refractivity contribution in [3.63, 3.8) is 0 Å². The van der Waals surface area contributed by atoms with E-state index < -0.39 is 0 Å². The predicted molar refractivity (Wildman–Crippen MR) is 79.4 cm³/mol. The molecule has 0 spiro atoms. The van der Waals surface area contributed by atoms with Gasteiger partial charge in [-0.05, 0) is 24.1 Å². The summed E-state index contributed by atoms with van der Waals surface area (Å²) in [6, 6.07) is 7.91. The van der Waals surface area contributed by atoms with Gasteiger partial charge in [0, 0.05) is 19.3 Å². The van der Waals surface area contributed by atoms with Crippen molar-refractivity contribution in [2.45, 2.75) is 6.42 Å². The minimum Gasteiger partial charge on any atom is -0.399 e. The summed E-state index contributed by atoms with van der Waals surface area (Å²) in [6.45, 7) is 0.797. The first-order valence-electron chi connectivity index (χ1n) is 6.45. The first-order valence-corrected chi connectivity index (χ1v) is 6.45. The minimum absolute atomic E-state index is 0.787. The molecule has 6 heteroatoms. The maximum Gasteiger partial charge on any atom is 0.163 e. The molecule has 3 N–H and O–H groups in total. The first kappa shape index (κ1) is 12.4. The molecule has 2 aromatic heterocycles. The van der Waals surface area contributed by atoms with Gasteiger partial charge in [0.25, 0.3) is 0 Å². The Labute approximate surface area is 116 Å². The topological polar surface area (TPSA) is 81.7 Å². The van der Waals surface area contributed by atoms with E-state index in [0.717, 1.165) is 35.5 Å². The van der Waals surface area contributed by atoms with Crippen molar-refractivity contribution in [2.24, 2.45) is 7.05 Å². The summed E-state index contributed by atoms with van der Waals surface area (Å²) in [4.78, 5) is 8.48. The molecule has 1 aromatic carbocycles. The number of anilines is 2. The standard InChI is InChI=1S/C14H16N6/c1-20-14-12(8-19-20)13(17-9-18-14)16-7-6-10-2-4-11(15)5-3-10/h2-5,8-9H,6-7,15H2,1H3,(H,16,17,18). The van der Waals surface area contributed by atoms with Gasteiger partial charge in [-0.1, -0.05) is 12.1 Å². The van der Waals surface area contributed by atoms with E-state index in [4.69, 9.17) is 5.73 Å². The van der Waals surface area contributed by atoms with Crippen LogP contribution in [0.25, 0.3) is 11.0 Å². The smallest absolute Gasteiger partial charge is 0.163 e. The number of nitrogen functional groups attached to an aromatic ring is 1. The molecule has 0 amide bonds. The predicted octanol–water partition coefficient (Wildman–Crippen LogP) is 1.60. The largest absolute Gasteiger partial charge is 0.399 e. The molecule has 0 saturated heterocycles. The van der Waals surface area contributed by atoms with Crippen LogP contribution in [0.5, 0.6) is 0 Å². The second-order valence-electron chi connectivity index (χ2n) is 4.65. The Hall–Kier alpha value is -2.63. The van der Waals surface area contributed by atoms with Gasteiger partial charge in [-0.25, -0.2) is 9.97 Å². The normalized spacial score (nSPS) is 10.8. The van der Waals surface area contributed by atoms with Gasteiger partial charge in [0.15, 0.2) is 5.65 Å². The summed E-state index contributed by atoms with van der Waals surface area (Å²) in [5, 5.41) is 8.46. The van der Waals surface area contributed by atoms with Gasteiger partial charge in [-0.2, -0.15) is 5.10 Å². The molecular formula is C14H16N6. The maximum absolute atomic E-state index is 5.67. The third-order valence-corrected chi connectivity index (χ3v) is 3.22. The number of hydrogen-bond acceptors (Lipinski definition) is 5. The molecule has 6 nitrogen and oxygen atoms in total. The van der Waals surface area contributed by atoms with Crippen molar-refractivity contribution in [3.8, 4) is 0 Å². The molecule has 0 aliphatic rings. The molecule has 3 aromatic rings. The monoisotopic (exact) mass is 268 g/mol. The highest BCUT2D eigenvalue weighted by Gasteiger charge is 2.06. The molecular weight excluding hydrogens is 252 g/mol. The van der Waals surface area contributed by atoms with Gasteiger partial charge in [-0.15, -0.1) is 0 Å². The van der Waals surface area contributed by atoms with Crippen LogP contribution < -0.4 is 11.1 Å². The van der Waals surface area contributed by atoms with Gasteiger partial charge in [0.1, 0.15) is 12.1 Å². The van der Waals surface area contributed by atoms with Crippen LogP contribution in [-0.4, -0.2) is 26.3 Å². The second kappa shape index (κ2) is 5.16. The number of aryl methyl sites for hydroxylation is 1. The van der Waals surface area contributed by atoms with E-state index in [9.17, 15) is 0 Å². The number of fused-ring (bicyclic) bond motifs is 1. The molecule has 102 valence electrons. The summed E-state index contributed by atoms with van der Waals surface area (Å²) in [5.74, 6) is 0.818. The fraction of sp³-hybridized carbons (Fsp3) is 0.214. The lowest BCUT2D eigenvalue weighted by atomic mass is 10.1. The Morgan fingerprint density at radius 3 is 2.80 bits per heavy atom. The van der Waals surface area contributed by atoms with Crippen molar-refractivity contribution in [1.29, 1.82) is 0 Å². The van der Waals surface area contributed by atoms with Crippen molar-refractivity contribution in [1.82, 2.24) is 19.7 Å². The van der Waals surface area contributed by atoms with Crippen molar-refractivity contribution < 1.29 is 0 Å². The maximum atomic E-state index is 5.67. The van der Waals surface area contributed by atoms with Crippen molar-refractivity contribution >= 4 is 22.5 Å². The number of nitrogens with two attached hydrogens (primary N) is 1. The summed E-state index contributed by atoms with van der Waals surface area (Å²) < 4.78 is 1.74. The van der Waals surface area contributed by atoms with Crippen molar-refractivity contribution in [2.75, 3.05) is 17.6 Å². The lowest BCUT2D eigenvalue weighted by Gasteiger charge is -2.06. The average molecular weight is 268 g/mol. The number of hydrogen-bond donors (Lipinski definition) is 2. The van der Waals surface area contributed by atoms with Gasteiger partial charge in [0.2, 0.25) is 0 Å². The molecule has 0 unspecified atom stereocenters. The zero-order valence-corrected chi connectivity index (χ0v) is 11.2. The molecule has 20 heavy (non-hydrogen) atoms. The molecule has 0 bridgehead atoms. The van der Waals surface area contributed by atoms with Gasteiger partial charge >= 0.3 is 0 Å². The second-order valence-corrected chi connectivity index (χ2v) is 4.65. The highest BCUT2D eigenvalue weighted by Crippen LogP contribution is 2.17. The Balaban J connectivity index is 1.69. The van der Waals surface area contributed by atoms with Crippen LogP contribution >= 0.6 is 0 Å². The number of aromatic nitrogens is 4. The average Bonchev–Trinajstić information content (AvgIpc) is 2.84. The lowest BCUT2D eigenvalue weighted by Crippen LogP contribution is -2.07. The molecule has 0 saturated carbocycles. The Bertz CT molecular complexity index is 716. The summed E-state index contributed by atoms with van der Waals surface area (Å²) in [6.07, 6.45) is 4.24. The lowest BCUT2D eigenvalue weighted by molar-refractivity contribution is 0.785. The molecule has 0 aliphatic heterocycles. The third-order valence-electron chi connectivity index (χ3n) is 3.22. The van der Waals surface area contributed by atoms with Crippen LogP contribution in [-0.2, 0) is 13.5 Å². The van der Waals surface area contributed by atoms with E-state index in [0.29, 0.717) is 0 Å². The van der Waals surface area contributed by atoms with E-state index >= 15 is 0 Å². The Morgan fingerprint density at radius 2 is 2.00 bits per heavy atom. The molecule has 0 aliphatic carbocycles. The summed E-state index contributed by atoms with van der Waals surface area (Å²) in [5.41, 5.74) is 8.52. The minimum atomic E-state index is 0.787. The third kappa shape index (κ3) is 2.40. The SMILES string of the molecule is Cn1ncc2c(NCCc3ccc(N)cc3)ncnc21. The van der Waals surface area contributed by atoms with Crippen LogP contribution in [0.3, 0.4) is 0 Å². The Morgan fingerprint density at radius 1 is 1.20 bits per heavy atom. The van der Waals surface area contributed by atoms with E-state index in [1.54, 1.807) is 17.2 Å². The number of benzene rings is 1. The van der Waals surface area contributed by atoms with Crippen LogP contribution in [0.15, 0.2) is 36.8 Å². The molecule has 2 heterocycles. The number of nitrogens with zero attached hydrogens (tertiary/aromatic N) is 4. The molecule has 0 atom stereocenters. The van der Waals surface area contributed by atoms with E-state index in [-0.39, 0.29) is 0 Å². The van der Waals surface area contributed by atoms with Crippen LogP contribution in [0, 0.1) is 0 Å². The van der Waals surface area contributed by atoms with E-state index in [1.165, 1.54) is 5.56 Å². The van der Waals surface area contributed by atoms with Crippen LogP contribution in [0.1, 0.15) is 5.56 Å². The highest BCUT2D eigenvalue weighted by molar-refractivity contribution is 5.85. The number of rotatable bonds is 4. The molecule has 0 radical (unpaired) electrons.